The first-order chi connectivity index (χ1) is 14.6. The van der Waals surface area contributed by atoms with Crippen LogP contribution in [0, 0.1) is 0 Å². The number of nitrogens with zero attached hydrogens (tertiary/aromatic N) is 2. The number of amides is 1. The molecular weight excluding hydrogens is 378 g/mol. The number of hydrogen-bond donors (Lipinski definition) is 2. The summed E-state index contributed by atoms with van der Waals surface area (Å²) in [6, 6.07) is 16.0. The highest BCUT2D eigenvalue weighted by Crippen LogP contribution is 2.32. The monoisotopic (exact) mass is 409 g/mol. The normalized spacial score (nSPS) is 19.6. The van der Waals surface area contributed by atoms with E-state index in [0.29, 0.717) is 13.1 Å². The van der Waals surface area contributed by atoms with E-state index in [4.69, 9.17) is 4.74 Å². The lowest BCUT2D eigenvalue weighted by molar-refractivity contribution is -0.134. The minimum atomic E-state index is -0.275. The third-order valence-electron chi connectivity index (χ3n) is 6.11. The number of likely N-dealkylation sites (N-methyl/N-ethyl adjacent to an activating group) is 1. The Labute approximate surface area is 178 Å². The van der Waals surface area contributed by atoms with Crippen LogP contribution < -0.4 is 10.1 Å². The van der Waals surface area contributed by atoms with E-state index in [0.717, 1.165) is 49.4 Å². The van der Waals surface area contributed by atoms with Crippen molar-refractivity contribution >= 4 is 11.6 Å². The van der Waals surface area contributed by atoms with Crippen molar-refractivity contribution in [1.82, 2.24) is 9.80 Å². The van der Waals surface area contributed by atoms with Gasteiger partial charge in [-0.15, -0.1) is 0 Å². The van der Waals surface area contributed by atoms with E-state index in [1.807, 2.05) is 37.4 Å². The molecule has 2 atom stereocenters. The van der Waals surface area contributed by atoms with E-state index in [1.165, 1.54) is 5.56 Å². The summed E-state index contributed by atoms with van der Waals surface area (Å²) in [5.41, 5.74) is 3.35. The Morgan fingerprint density at radius 2 is 2.10 bits per heavy atom. The second-order valence-corrected chi connectivity index (χ2v) is 8.24. The molecule has 0 aliphatic carbocycles. The van der Waals surface area contributed by atoms with Crippen LogP contribution in [0.5, 0.6) is 5.75 Å². The molecule has 2 aliphatic rings. The number of ether oxygens (including phenoxy) is 1. The van der Waals surface area contributed by atoms with Gasteiger partial charge in [0.15, 0.2) is 6.61 Å². The van der Waals surface area contributed by atoms with Crippen LogP contribution in [0.15, 0.2) is 48.5 Å². The average molecular weight is 410 g/mol. The number of hydrogen-bond acceptors (Lipinski definition) is 5. The van der Waals surface area contributed by atoms with E-state index in [9.17, 15) is 9.90 Å². The average Bonchev–Trinajstić information content (AvgIpc) is 3.20. The van der Waals surface area contributed by atoms with Gasteiger partial charge in [-0.3, -0.25) is 9.69 Å². The zero-order chi connectivity index (χ0) is 20.9. The van der Waals surface area contributed by atoms with E-state index < -0.39 is 0 Å². The second-order valence-electron chi connectivity index (χ2n) is 8.24. The molecule has 1 unspecified atom stereocenters. The van der Waals surface area contributed by atoms with Crippen molar-refractivity contribution in [2.45, 2.75) is 31.4 Å². The summed E-state index contributed by atoms with van der Waals surface area (Å²) in [4.78, 5) is 17.1. The summed E-state index contributed by atoms with van der Waals surface area (Å²) < 4.78 is 5.95. The number of nitrogens with one attached hydrogen (secondary N) is 1. The smallest absolute Gasteiger partial charge is 0.260 e. The molecule has 2 heterocycles. The van der Waals surface area contributed by atoms with Gasteiger partial charge in [0, 0.05) is 33.2 Å². The third-order valence-corrected chi connectivity index (χ3v) is 6.11. The van der Waals surface area contributed by atoms with Gasteiger partial charge in [-0.2, -0.15) is 0 Å². The molecule has 1 saturated heterocycles. The number of β-amino-alcohol motifs (C(OH)–C–C–N with tert-alkyl or cyclic N) is 1. The predicted octanol–water partition coefficient (Wildman–Crippen LogP) is 2.69. The van der Waals surface area contributed by atoms with Crippen molar-refractivity contribution in [2.24, 2.45) is 0 Å². The number of likely N-dealkylation sites (tertiary alicyclic amines) is 1. The number of aryl methyl sites for hydroxylation is 1. The van der Waals surface area contributed by atoms with Crippen molar-refractivity contribution in [2.75, 3.05) is 45.2 Å². The quantitative estimate of drug-likeness (QED) is 0.736. The molecule has 1 amide bonds. The van der Waals surface area contributed by atoms with Crippen LogP contribution in [-0.4, -0.2) is 66.8 Å². The number of aliphatic hydroxyl groups excluding tert-OH is 1. The maximum Gasteiger partial charge on any atom is 0.260 e. The van der Waals surface area contributed by atoms with Gasteiger partial charge in [0.05, 0.1) is 17.8 Å². The topological polar surface area (TPSA) is 65.0 Å². The zero-order valence-electron chi connectivity index (χ0n) is 17.6. The predicted molar refractivity (Wildman–Crippen MR) is 118 cm³/mol. The largest absolute Gasteiger partial charge is 0.482 e. The SMILES string of the molecule is CN(C(=O)COc1cccc2c1NCCC2)C(CN1CC[C@H](O)C1)c1ccccc1. The molecule has 160 valence electrons. The molecule has 6 heteroatoms. The lowest BCUT2D eigenvalue weighted by atomic mass is 10.0. The molecule has 2 aromatic rings. The van der Waals surface area contributed by atoms with E-state index in [2.05, 4.69) is 28.4 Å². The first-order valence-corrected chi connectivity index (χ1v) is 10.8. The molecule has 2 aliphatic heterocycles. The van der Waals surface area contributed by atoms with Crippen LogP contribution in [0.3, 0.4) is 0 Å². The fourth-order valence-corrected chi connectivity index (χ4v) is 4.36. The van der Waals surface area contributed by atoms with Crippen molar-refractivity contribution in [3.8, 4) is 5.75 Å². The van der Waals surface area contributed by atoms with Crippen LogP contribution in [0.2, 0.25) is 0 Å². The number of para-hydroxylation sites is 1. The molecule has 6 nitrogen and oxygen atoms in total. The first kappa shape index (κ1) is 20.7. The molecule has 0 spiro atoms. The van der Waals surface area contributed by atoms with Gasteiger partial charge >= 0.3 is 0 Å². The Balaban J connectivity index is 1.44. The Hall–Kier alpha value is -2.57. The summed E-state index contributed by atoms with van der Waals surface area (Å²) in [7, 11) is 1.84. The summed E-state index contributed by atoms with van der Waals surface area (Å²) in [6.07, 6.45) is 2.66. The minimum Gasteiger partial charge on any atom is -0.482 e. The Bertz CT molecular complexity index is 858. The van der Waals surface area contributed by atoms with E-state index in [-0.39, 0.29) is 24.7 Å². The Morgan fingerprint density at radius 1 is 1.27 bits per heavy atom. The minimum absolute atomic E-state index is 0.000587. The number of carbonyl (C=O) groups excluding carboxylic acids is 1. The van der Waals surface area contributed by atoms with Gasteiger partial charge in [0.1, 0.15) is 5.75 Å². The third kappa shape index (κ3) is 4.77. The van der Waals surface area contributed by atoms with Crippen LogP contribution >= 0.6 is 0 Å². The molecular formula is C24H31N3O3. The number of benzene rings is 2. The molecule has 0 aromatic heterocycles. The number of aliphatic hydroxyl groups is 1. The van der Waals surface area contributed by atoms with Gasteiger partial charge in [0.25, 0.3) is 5.91 Å². The highest BCUT2D eigenvalue weighted by atomic mass is 16.5. The highest BCUT2D eigenvalue weighted by molar-refractivity contribution is 5.78. The van der Waals surface area contributed by atoms with Crippen molar-refractivity contribution in [1.29, 1.82) is 0 Å². The Kier molecular flexibility index (Phi) is 6.55. The summed E-state index contributed by atoms with van der Waals surface area (Å²) in [5.74, 6) is 0.685. The maximum absolute atomic E-state index is 13.0. The molecule has 2 aromatic carbocycles. The molecule has 0 bridgehead atoms. The van der Waals surface area contributed by atoms with Gasteiger partial charge in [0.2, 0.25) is 0 Å². The first-order valence-electron chi connectivity index (χ1n) is 10.8. The maximum atomic E-state index is 13.0. The van der Waals surface area contributed by atoms with Crippen molar-refractivity contribution < 1.29 is 14.6 Å². The highest BCUT2D eigenvalue weighted by Gasteiger charge is 2.28. The van der Waals surface area contributed by atoms with Crippen molar-refractivity contribution in [3.05, 3.63) is 59.7 Å². The fraction of sp³-hybridized carbons (Fsp3) is 0.458. The Morgan fingerprint density at radius 3 is 2.87 bits per heavy atom. The lowest BCUT2D eigenvalue weighted by Crippen LogP contribution is -2.41. The molecule has 2 N–H and O–H groups in total. The molecule has 4 rings (SSSR count). The molecule has 30 heavy (non-hydrogen) atoms. The van der Waals surface area contributed by atoms with Gasteiger partial charge in [-0.25, -0.2) is 0 Å². The van der Waals surface area contributed by atoms with Gasteiger partial charge < -0.3 is 20.1 Å². The van der Waals surface area contributed by atoms with Gasteiger partial charge in [-0.05, 0) is 36.5 Å². The molecule has 1 fully saturated rings. The summed E-state index contributed by atoms with van der Waals surface area (Å²) >= 11 is 0. The van der Waals surface area contributed by atoms with E-state index >= 15 is 0 Å². The molecule has 0 radical (unpaired) electrons. The number of anilines is 1. The van der Waals surface area contributed by atoms with Gasteiger partial charge in [-0.1, -0.05) is 42.5 Å². The standard InChI is InChI=1S/C24H31N3O3/c1-26(21(18-7-3-2-4-8-18)16-27-14-12-20(28)15-27)23(29)17-30-22-11-5-9-19-10-6-13-25-24(19)22/h2-5,7-9,11,20-21,25,28H,6,10,12-17H2,1H3/t20-,21?/m0/s1. The zero-order valence-corrected chi connectivity index (χ0v) is 17.6. The lowest BCUT2D eigenvalue weighted by Gasteiger charge is -2.32. The summed E-state index contributed by atoms with van der Waals surface area (Å²) in [6.45, 7) is 3.14. The van der Waals surface area contributed by atoms with Crippen molar-refractivity contribution in [3.63, 3.8) is 0 Å². The fourth-order valence-electron chi connectivity index (χ4n) is 4.36. The van der Waals surface area contributed by atoms with Crippen LogP contribution in [-0.2, 0) is 11.2 Å². The van der Waals surface area contributed by atoms with Crippen LogP contribution in [0.25, 0.3) is 0 Å². The van der Waals surface area contributed by atoms with E-state index in [1.54, 1.807) is 4.90 Å². The second kappa shape index (κ2) is 9.49. The number of fused-ring (bicyclic) bond motifs is 1. The number of rotatable bonds is 7. The summed E-state index contributed by atoms with van der Waals surface area (Å²) in [5, 5.41) is 13.3. The van der Waals surface area contributed by atoms with Crippen LogP contribution in [0.4, 0.5) is 5.69 Å². The number of carbonyl (C=O) groups is 1. The molecule has 0 saturated carbocycles. The van der Waals surface area contributed by atoms with Crippen LogP contribution in [0.1, 0.15) is 30.0 Å².